The van der Waals surface area contributed by atoms with E-state index in [0.717, 1.165) is 22.2 Å². The molecule has 0 saturated heterocycles. The molecule has 0 saturated carbocycles. The summed E-state index contributed by atoms with van der Waals surface area (Å²) in [7, 11) is 0. The number of alkyl halides is 3. The first-order chi connectivity index (χ1) is 13.9. The van der Waals surface area contributed by atoms with E-state index in [1.165, 1.54) is 28.5 Å². The Morgan fingerprint density at radius 3 is 2.31 bits per heavy atom. The van der Waals surface area contributed by atoms with Gasteiger partial charge in [-0.15, -0.1) is 0 Å². The summed E-state index contributed by atoms with van der Waals surface area (Å²) < 4.78 is 40.8. The van der Waals surface area contributed by atoms with Crippen LogP contribution in [-0.2, 0) is 12.7 Å². The fourth-order valence-electron chi connectivity index (χ4n) is 4.80. The minimum Gasteiger partial charge on any atom is -0.339 e. The number of hydrogen-bond acceptors (Lipinski definition) is 1. The Bertz CT molecular complexity index is 1250. The van der Waals surface area contributed by atoms with Crippen LogP contribution in [0.2, 0.25) is 0 Å². The van der Waals surface area contributed by atoms with Crippen LogP contribution in [0.15, 0.2) is 66.7 Å². The van der Waals surface area contributed by atoms with E-state index >= 15 is 0 Å². The van der Waals surface area contributed by atoms with Crippen LogP contribution in [0.3, 0.4) is 0 Å². The number of benzene rings is 3. The van der Waals surface area contributed by atoms with E-state index in [1.54, 1.807) is 12.1 Å². The zero-order valence-electron chi connectivity index (χ0n) is 16.2. The van der Waals surface area contributed by atoms with E-state index in [4.69, 9.17) is 0 Å². The van der Waals surface area contributed by atoms with Crippen molar-refractivity contribution < 1.29 is 13.2 Å². The van der Waals surface area contributed by atoms with Gasteiger partial charge in [0.15, 0.2) is 0 Å². The summed E-state index contributed by atoms with van der Waals surface area (Å²) in [6.45, 7) is 4.38. The van der Waals surface area contributed by atoms with Gasteiger partial charge in [0.25, 0.3) is 0 Å². The average molecular weight is 391 g/mol. The maximum Gasteiger partial charge on any atom is 0.416 e. The first kappa shape index (κ1) is 18.0. The molecule has 29 heavy (non-hydrogen) atoms. The van der Waals surface area contributed by atoms with Crippen molar-refractivity contribution >= 4 is 17.0 Å². The molecule has 1 unspecified atom stereocenters. The van der Waals surface area contributed by atoms with Gasteiger partial charge in [-0.3, -0.25) is 0 Å². The van der Waals surface area contributed by atoms with Crippen LogP contribution < -0.4 is 15.3 Å². The molecule has 1 nitrogen and oxygen atoms in total. The summed E-state index contributed by atoms with van der Waals surface area (Å²) >= 11 is 0. The maximum absolute atomic E-state index is 13.6. The van der Waals surface area contributed by atoms with Crippen molar-refractivity contribution in [2.24, 2.45) is 0 Å². The smallest absolute Gasteiger partial charge is 0.339 e. The zero-order chi connectivity index (χ0) is 20.3. The largest absolute Gasteiger partial charge is 0.416 e. The fourth-order valence-corrected chi connectivity index (χ4v) is 4.80. The Balaban J connectivity index is 1.74. The summed E-state index contributed by atoms with van der Waals surface area (Å²) in [6, 6.07) is 20.3. The molecule has 1 aliphatic heterocycles. The molecule has 3 aromatic carbocycles. The summed E-state index contributed by atoms with van der Waals surface area (Å²) in [5.74, 6) is 0.0975. The highest BCUT2D eigenvalue weighted by atomic mass is 19.4. The van der Waals surface area contributed by atoms with E-state index in [2.05, 4.69) is 36.9 Å². The van der Waals surface area contributed by atoms with Crippen LogP contribution in [0.5, 0.6) is 0 Å². The molecule has 0 N–H and O–H groups in total. The lowest BCUT2D eigenvalue weighted by molar-refractivity contribution is -0.138. The second-order valence-corrected chi connectivity index (χ2v) is 7.85. The minimum atomic E-state index is -4.37. The molecular formula is C25H20F3N. The molecule has 1 heterocycles. The second-order valence-electron chi connectivity index (χ2n) is 7.85. The Morgan fingerprint density at radius 2 is 1.55 bits per heavy atom. The lowest BCUT2D eigenvalue weighted by Gasteiger charge is -2.24. The van der Waals surface area contributed by atoms with Crippen molar-refractivity contribution in [1.82, 2.24) is 0 Å². The Labute approximate surface area is 167 Å². The maximum atomic E-state index is 13.6. The highest BCUT2D eigenvalue weighted by Gasteiger charge is 2.40. The molecular weight excluding hydrogens is 371 g/mol. The average Bonchev–Trinajstić information content (AvgIpc) is 3.15. The molecule has 146 valence electrons. The molecule has 0 aromatic heterocycles. The van der Waals surface area contributed by atoms with Crippen LogP contribution in [0.25, 0.3) is 11.3 Å². The molecule has 4 heteroatoms. The van der Waals surface area contributed by atoms with Gasteiger partial charge in [-0.1, -0.05) is 65.7 Å². The van der Waals surface area contributed by atoms with Gasteiger partial charge in [-0.05, 0) is 42.3 Å². The van der Waals surface area contributed by atoms with E-state index in [9.17, 15) is 13.2 Å². The van der Waals surface area contributed by atoms with Crippen LogP contribution in [-0.4, -0.2) is 0 Å². The van der Waals surface area contributed by atoms with Crippen molar-refractivity contribution in [2.45, 2.75) is 32.5 Å². The lowest BCUT2D eigenvalue weighted by atomic mass is 9.93. The van der Waals surface area contributed by atoms with Gasteiger partial charge in [0.2, 0.25) is 0 Å². The van der Waals surface area contributed by atoms with Gasteiger partial charge in [0.05, 0.1) is 5.56 Å². The van der Waals surface area contributed by atoms with Gasteiger partial charge in [0, 0.05) is 29.1 Å². The number of nitrogens with zero attached hydrogens (tertiary/aromatic N) is 1. The van der Waals surface area contributed by atoms with Crippen LogP contribution in [0.4, 0.5) is 18.9 Å². The SMILES string of the molecule is CC1=c2ccccc2=C2C1c1cc(C)ccc1N2Cc1ccccc1C(F)(F)F. The molecule has 0 amide bonds. The van der Waals surface area contributed by atoms with E-state index in [1.807, 2.05) is 24.3 Å². The van der Waals surface area contributed by atoms with Crippen molar-refractivity contribution in [3.63, 3.8) is 0 Å². The molecule has 1 atom stereocenters. The van der Waals surface area contributed by atoms with Gasteiger partial charge < -0.3 is 4.90 Å². The second kappa shape index (κ2) is 6.24. The molecule has 1 aliphatic carbocycles. The Morgan fingerprint density at radius 1 is 0.862 bits per heavy atom. The Hall–Kier alpha value is -3.01. The van der Waals surface area contributed by atoms with E-state index in [-0.39, 0.29) is 12.5 Å². The summed E-state index contributed by atoms with van der Waals surface area (Å²) in [6.07, 6.45) is -4.37. The number of halogens is 3. The standard InChI is InChI=1S/C25H20F3N/c1-15-11-12-22-20(13-15)23-16(2)18-8-4-5-9-19(18)24(23)29(22)14-17-7-3-6-10-21(17)25(26,27)28/h3-13,23H,14H2,1-2H3. The number of rotatable bonds is 2. The number of aryl methyl sites for hydroxylation is 1. The van der Waals surface area contributed by atoms with Crippen molar-refractivity contribution in [1.29, 1.82) is 0 Å². The summed E-state index contributed by atoms with van der Waals surface area (Å²) in [5, 5.41) is 2.31. The predicted molar refractivity (Wildman–Crippen MR) is 110 cm³/mol. The van der Waals surface area contributed by atoms with Gasteiger partial charge in [-0.25, -0.2) is 0 Å². The third-order valence-electron chi connectivity index (χ3n) is 6.06. The quantitative estimate of drug-likeness (QED) is 0.587. The van der Waals surface area contributed by atoms with Crippen molar-refractivity contribution in [3.8, 4) is 0 Å². The van der Waals surface area contributed by atoms with Crippen molar-refractivity contribution in [2.75, 3.05) is 4.90 Å². The highest BCUT2D eigenvalue weighted by molar-refractivity contribution is 5.93. The zero-order valence-corrected chi connectivity index (χ0v) is 16.2. The fraction of sp³-hybridized carbons (Fsp3) is 0.200. The number of hydrogen-bond donors (Lipinski definition) is 0. The highest BCUT2D eigenvalue weighted by Crippen LogP contribution is 2.50. The molecule has 5 rings (SSSR count). The number of anilines is 1. The monoisotopic (exact) mass is 391 g/mol. The summed E-state index contributed by atoms with van der Waals surface area (Å²) in [4.78, 5) is 2.08. The van der Waals surface area contributed by atoms with Crippen LogP contribution >= 0.6 is 0 Å². The Kier molecular flexibility index (Phi) is 3.89. The van der Waals surface area contributed by atoms with Crippen LogP contribution in [0, 0.1) is 6.92 Å². The third-order valence-corrected chi connectivity index (χ3v) is 6.06. The molecule has 2 aliphatic rings. The normalized spacial score (nSPS) is 17.4. The molecule has 3 aromatic rings. The topological polar surface area (TPSA) is 3.24 Å². The third kappa shape index (κ3) is 2.70. The van der Waals surface area contributed by atoms with Crippen molar-refractivity contribution in [3.05, 3.63) is 99.4 Å². The molecule has 0 spiro atoms. The first-order valence-corrected chi connectivity index (χ1v) is 9.69. The van der Waals surface area contributed by atoms with E-state index < -0.39 is 11.7 Å². The van der Waals surface area contributed by atoms with Crippen LogP contribution in [0.1, 0.15) is 35.1 Å². The molecule has 0 radical (unpaired) electrons. The molecule has 0 fully saturated rings. The van der Waals surface area contributed by atoms with E-state index in [0.29, 0.717) is 5.56 Å². The number of fused-ring (bicyclic) bond motifs is 4. The lowest BCUT2D eigenvalue weighted by Crippen LogP contribution is -2.30. The first-order valence-electron chi connectivity index (χ1n) is 9.69. The van der Waals surface area contributed by atoms with Gasteiger partial charge in [0.1, 0.15) is 0 Å². The predicted octanol–water partition coefficient (Wildman–Crippen LogP) is 5.11. The molecule has 0 bridgehead atoms. The van der Waals surface area contributed by atoms with Gasteiger partial charge >= 0.3 is 6.18 Å². The summed E-state index contributed by atoms with van der Waals surface area (Å²) in [5.41, 5.74) is 5.42. The minimum absolute atomic E-state index is 0.0975. The van der Waals surface area contributed by atoms with Gasteiger partial charge in [-0.2, -0.15) is 13.2 Å².